The van der Waals surface area contributed by atoms with Crippen molar-refractivity contribution < 1.29 is 33.7 Å². The van der Waals surface area contributed by atoms with Gasteiger partial charge >= 0.3 is 17.9 Å². The largest absolute Gasteiger partial charge is 0.461 e. The van der Waals surface area contributed by atoms with Gasteiger partial charge in [0.2, 0.25) is 0 Å². The lowest BCUT2D eigenvalue weighted by Crippen LogP contribution is -2.34. The number of esters is 3. The normalized spacial score (nSPS) is 31.3. The lowest BCUT2D eigenvalue weighted by molar-refractivity contribution is -0.147. The molecule has 2 aliphatic rings. The van der Waals surface area contributed by atoms with Gasteiger partial charge in [-0.15, -0.1) is 0 Å². The highest BCUT2D eigenvalue weighted by atomic mass is 16.6. The maximum Gasteiger partial charge on any atom is 0.334 e. The van der Waals surface area contributed by atoms with E-state index in [0.717, 1.165) is 0 Å². The molecular formula is C19H24O7. The maximum absolute atomic E-state index is 12.0. The van der Waals surface area contributed by atoms with E-state index in [0.29, 0.717) is 24.0 Å². The summed E-state index contributed by atoms with van der Waals surface area (Å²) in [6, 6.07) is 0. The summed E-state index contributed by atoms with van der Waals surface area (Å²) in [5, 5.41) is 10.3. The summed E-state index contributed by atoms with van der Waals surface area (Å²) < 4.78 is 15.8. The van der Waals surface area contributed by atoms with E-state index in [1.165, 1.54) is 13.8 Å². The molecule has 0 bridgehead atoms. The van der Waals surface area contributed by atoms with Crippen molar-refractivity contribution in [1.29, 1.82) is 0 Å². The summed E-state index contributed by atoms with van der Waals surface area (Å²) in [5.74, 6) is -2.12. The number of aliphatic hydroxyl groups is 1. The van der Waals surface area contributed by atoms with Crippen LogP contribution in [0.4, 0.5) is 0 Å². The first-order chi connectivity index (χ1) is 12.2. The molecule has 1 aliphatic carbocycles. The van der Waals surface area contributed by atoms with Gasteiger partial charge < -0.3 is 19.3 Å². The molecule has 0 amide bonds. The Hall–Kier alpha value is -2.41. The van der Waals surface area contributed by atoms with Crippen molar-refractivity contribution in [1.82, 2.24) is 0 Å². The van der Waals surface area contributed by atoms with Crippen LogP contribution in [-0.2, 0) is 28.6 Å². The molecule has 1 aliphatic heterocycles. The van der Waals surface area contributed by atoms with Crippen LogP contribution >= 0.6 is 0 Å². The maximum atomic E-state index is 12.0. The van der Waals surface area contributed by atoms with Crippen LogP contribution in [0, 0.1) is 5.92 Å². The highest BCUT2D eigenvalue weighted by Gasteiger charge is 2.45. The molecule has 0 unspecified atom stereocenters. The monoisotopic (exact) mass is 364 g/mol. The lowest BCUT2D eigenvalue weighted by Gasteiger charge is -2.28. The van der Waals surface area contributed by atoms with E-state index in [9.17, 15) is 19.5 Å². The molecule has 0 spiro atoms. The number of carbonyl (C=O) groups is 3. The number of fused-ring (bicyclic) bond motifs is 1. The lowest BCUT2D eigenvalue weighted by atomic mass is 9.84. The summed E-state index contributed by atoms with van der Waals surface area (Å²) in [6.45, 7) is 10.2. The zero-order valence-corrected chi connectivity index (χ0v) is 15.0. The van der Waals surface area contributed by atoms with Gasteiger partial charge in [-0.3, -0.25) is 9.59 Å². The van der Waals surface area contributed by atoms with Crippen molar-refractivity contribution >= 4 is 17.9 Å². The Labute approximate surface area is 152 Å². The van der Waals surface area contributed by atoms with Crippen LogP contribution in [0.5, 0.6) is 0 Å². The van der Waals surface area contributed by atoms with Gasteiger partial charge in [0.25, 0.3) is 0 Å². The molecule has 26 heavy (non-hydrogen) atoms. The van der Waals surface area contributed by atoms with Crippen molar-refractivity contribution in [2.75, 3.05) is 6.61 Å². The van der Waals surface area contributed by atoms with Crippen molar-refractivity contribution in [3.63, 3.8) is 0 Å². The van der Waals surface area contributed by atoms with E-state index in [-0.39, 0.29) is 18.6 Å². The van der Waals surface area contributed by atoms with Crippen LogP contribution < -0.4 is 0 Å². The molecule has 7 nitrogen and oxygen atoms in total. The highest BCUT2D eigenvalue weighted by molar-refractivity contribution is 5.91. The molecular weight excluding hydrogens is 340 g/mol. The standard InChI is InChI=1S/C19H24O7/c1-10-7-16-18(11(2)19(23)26-16)17(25-13(4)21)8-14(5-6-15(10)22)9-24-12(3)20/h8,15-18,22H,1-2,5-7,9H2,3-4H3/b14-8-/t15-,16-,17+,18+/m0/s1. The summed E-state index contributed by atoms with van der Waals surface area (Å²) in [5.41, 5.74) is 1.40. The van der Waals surface area contributed by atoms with Gasteiger partial charge in [-0.25, -0.2) is 4.79 Å². The summed E-state index contributed by atoms with van der Waals surface area (Å²) in [4.78, 5) is 34.7. The Morgan fingerprint density at radius 2 is 2.00 bits per heavy atom. The average Bonchev–Trinajstić information content (AvgIpc) is 2.81. The van der Waals surface area contributed by atoms with Crippen LogP contribution in [-0.4, -0.2) is 47.9 Å². The first kappa shape index (κ1) is 19.9. The number of carbonyl (C=O) groups excluding carboxylic acids is 3. The van der Waals surface area contributed by atoms with Gasteiger partial charge in [-0.1, -0.05) is 13.2 Å². The van der Waals surface area contributed by atoms with Crippen LogP contribution in [0.1, 0.15) is 33.1 Å². The second kappa shape index (κ2) is 8.31. The molecule has 2 rings (SSSR count). The molecule has 0 aromatic rings. The Morgan fingerprint density at radius 1 is 1.31 bits per heavy atom. The zero-order chi connectivity index (χ0) is 19.4. The number of hydrogen-bond donors (Lipinski definition) is 1. The molecule has 0 aromatic heterocycles. The van der Waals surface area contributed by atoms with Crippen molar-refractivity contribution in [3.8, 4) is 0 Å². The quantitative estimate of drug-likeness (QED) is 0.351. The molecule has 0 saturated carbocycles. The van der Waals surface area contributed by atoms with E-state index in [2.05, 4.69) is 13.2 Å². The predicted octanol–water partition coefficient (Wildman–Crippen LogP) is 1.61. The summed E-state index contributed by atoms with van der Waals surface area (Å²) in [7, 11) is 0. The summed E-state index contributed by atoms with van der Waals surface area (Å²) >= 11 is 0. The minimum absolute atomic E-state index is 0.00492. The van der Waals surface area contributed by atoms with E-state index in [1.807, 2.05) is 0 Å². The fourth-order valence-corrected chi connectivity index (χ4v) is 3.18. The van der Waals surface area contributed by atoms with Crippen LogP contribution in [0.25, 0.3) is 0 Å². The van der Waals surface area contributed by atoms with E-state index >= 15 is 0 Å². The second-order valence-electron chi connectivity index (χ2n) is 6.59. The molecule has 1 saturated heterocycles. The van der Waals surface area contributed by atoms with Gasteiger partial charge in [0.1, 0.15) is 18.8 Å². The Kier molecular flexibility index (Phi) is 6.37. The molecule has 142 valence electrons. The average molecular weight is 364 g/mol. The molecule has 7 heteroatoms. The van der Waals surface area contributed by atoms with E-state index in [4.69, 9.17) is 14.2 Å². The van der Waals surface area contributed by atoms with Crippen molar-refractivity contribution in [2.45, 2.75) is 51.4 Å². The predicted molar refractivity (Wildman–Crippen MR) is 91.8 cm³/mol. The first-order valence-corrected chi connectivity index (χ1v) is 8.44. The Morgan fingerprint density at radius 3 is 2.62 bits per heavy atom. The Balaban J connectivity index is 2.42. The Bertz CT molecular complexity index is 661. The molecule has 0 aromatic carbocycles. The third-order valence-corrected chi connectivity index (χ3v) is 4.51. The van der Waals surface area contributed by atoms with E-state index in [1.54, 1.807) is 6.08 Å². The molecule has 1 heterocycles. The van der Waals surface area contributed by atoms with Crippen LogP contribution in [0.2, 0.25) is 0 Å². The number of ether oxygens (including phenoxy) is 3. The fraction of sp³-hybridized carbons (Fsp3) is 0.526. The number of rotatable bonds is 3. The summed E-state index contributed by atoms with van der Waals surface area (Å²) in [6.07, 6.45) is 0.497. The molecule has 0 radical (unpaired) electrons. The van der Waals surface area contributed by atoms with Gasteiger partial charge in [0.05, 0.1) is 12.0 Å². The second-order valence-corrected chi connectivity index (χ2v) is 6.59. The first-order valence-electron chi connectivity index (χ1n) is 8.44. The van der Waals surface area contributed by atoms with Crippen LogP contribution in [0.15, 0.2) is 36.0 Å². The van der Waals surface area contributed by atoms with Gasteiger partial charge in [-0.2, -0.15) is 0 Å². The molecule has 1 N–H and O–H groups in total. The SMILES string of the molecule is C=C1C(=O)O[C@H]2CC(=C)[C@@H](O)CC/C(COC(C)=O)=C/[C@@H](OC(C)=O)[C@H]12. The third-order valence-electron chi connectivity index (χ3n) is 4.51. The van der Waals surface area contributed by atoms with Gasteiger partial charge in [0, 0.05) is 25.8 Å². The number of hydrogen-bond acceptors (Lipinski definition) is 7. The fourth-order valence-electron chi connectivity index (χ4n) is 3.18. The van der Waals surface area contributed by atoms with Crippen molar-refractivity contribution in [3.05, 3.63) is 36.0 Å². The molecule has 1 fully saturated rings. The zero-order valence-electron chi connectivity index (χ0n) is 15.0. The molecule has 4 atom stereocenters. The van der Waals surface area contributed by atoms with E-state index < -0.39 is 42.1 Å². The smallest absolute Gasteiger partial charge is 0.334 e. The minimum atomic E-state index is -0.787. The third kappa shape index (κ3) is 4.82. The van der Waals surface area contributed by atoms with Crippen molar-refractivity contribution in [2.24, 2.45) is 5.92 Å². The topological polar surface area (TPSA) is 99.1 Å². The minimum Gasteiger partial charge on any atom is -0.461 e. The highest BCUT2D eigenvalue weighted by Crippen LogP contribution is 2.37. The van der Waals surface area contributed by atoms with Crippen LogP contribution in [0.3, 0.4) is 0 Å². The number of aliphatic hydroxyl groups excluding tert-OH is 1. The van der Waals surface area contributed by atoms with Gasteiger partial charge in [0.15, 0.2) is 0 Å². The van der Waals surface area contributed by atoms with Gasteiger partial charge in [-0.05, 0) is 30.1 Å².